The number of hydrogen-bond donors (Lipinski definition) is 1. The summed E-state index contributed by atoms with van der Waals surface area (Å²) in [5.41, 5.74) is 0. The summed E-state index contributed by atoms with van der Waals surface area (Å²) in [5.74, 6) is 1.99. The van der Waals surface area contributed by atoms with Crippen LogP contribution in [0.25, 0.3) is 0 Å². The quantitative estimate of drug-likeness (QED) is 0.874. The molecule has 0 aliphatic carbocycles. The fraction of sp³-hybridized carbons (Fsp3) is 0.714. The topological polar surface area (TPSA) is 52.5 Å². The van der Waals surface area contributed by atoms with Crippen LogP contribution in [0, 0.1) is 0 Å². The van der Waals surface area contributed by atoms with Crippen LogP contribution >= 0.6 is 0 Å². The molecule has 0 spiro atoms. The molecule has 0 amide bonds. The number of aromatic nitrogens is 2. The summed E-state index contributed by atoms with van der Waals surface area (Å²) in [5, 5.41) is 9.76. The van der Waals surface area contributed by atoms with Gasteiger partial charge in [0.2, 0.25) is 0 Å². The average Bonchev–Trinajstić information content (AvgIpc) is 2.48. The molecule has 5 nitrogen and oxygen atoms in total. The lowest BCUT2D eigenvalue weighted by atomic mass is 10.1. The summed E-state index contributed by atoms with van der Waals surface area (Å²) in [6, 6.07) is 2.07. The van der Waals surface area contributed by atoms with Crippen LogP contribution in [-0.4, -0.2) is 47.4 Å². The molecule has 1 aromatic rings. The molecule has 5 heteroatoms. The van der Waals surface area contributed by atoms with Crippen molar-refractivity contribution in [1.82, 2.24) is 9.97 Å². The lowest BCUT2D eigenvalue weighted by Gasteiger charge is -2.32. The summed E-state index contributed by atoms with van der Waals surface area (Å²) in [4.78, 5) is 13.3. The number of rotatable bonds is 2. The molecular formula is C14H22N4O. The van der Waals surface area contributed by atoms with Crippen molar-refractivity contribution in [2.45, 2.75) is 38.2 Å². The highest BCUT2D eigenvalue weighted by Gasteiger charge is 2.20. The van der Waals surface area contributed by atoms with E-state index in [0.717, 1.165) is 44.1 Å². The van der Waals surface area contributed by atoms with Gasteiger partial charge in [-0.1, -0.05) is 0 Å². The van der Waals surface area contributed by atoms with Gasteiger partial charge in [-0.05, 0) is 32.1 Å². The minimum Gasteiger partial charge on any atom is -0.391 e. The molecule has 3 rings (SSSR count). The van der Waals surface area contributed by atoms with Crippen molar-refractivity contribution in [3.05, 3.63) is 12.4 Å². The Balaban J connectivity index is 1.75. The largest absolute Gasteiger partial charge is 0.391 e. The highest BCUT2D eigenvalue weighted by Crippen LogP contribution is 2.23. The van der Waals surface area contributed by atoms with Crippen molar-refractivity contribution in [1.29, 1.82) is 0 Å². The number of piperidine rings is 2. The highest BCUT2D eigenvalue weighted by molar-refractivity contribution is 5.50. The Bertz CT molecular complexity index is 420. The van der Waals surface area contributed by atoms with Gasteiger partial charge in [0, 0.05) is 32.2 Å². The Morgan fingerprint density at radius 1 is 0.947 bits per heavy atom. The van der Waals surface area contributed by atoms with Gasteiger partial charge in [-0.15, -0.1) is 0 Å². The van der Waals surface area contributed by atoms with Gasteiger partial charge in [0.05, 0.1) is 6.10 Å². The number of aliphatic hydroxyl groups excluding tert-OH is 1. The van der Waals surface area contributed by atoms with Crippen LogP contribution in [0.1, 0.15) is 32.1 Å². The normalized spacial score (nSPS) is 24.6. The monoisotopic (exact) mass is 262 g/mol. The molecule has 1 atom stereocenters. The average molecular weight is 262 g/mol. The summed E-state index contributed by atoms with van der Waals surface area (Å²) in [6.45, 7) is 3.86. The molecule has 2 fully saturated rings. The van der Waals surface area contributed by atoms with E-state index in [9.17, 15) is 5.11 Å². The van der Waals surface area contributed by atoms with E-state index >= 15 is 0 Å². The molecule has 1 aromatic heterocycles. The number of nitrogens with zero attached hydrogens (tertiary/aromatic N) is 4. The van der Waals surface area contributed by atoms with E-state index in [1.165, 1.54) is 19.3 Å². The Hall–Kier alpha value is -1.36. The third-order valence-corrected chi connectivity index (χ3v) is 4.04. The van der Waals surface area contributed by atoms with Crippen molar-refractivity contribution in [2.75, 3.05) is 36.0 Å². The Morgan fingerprint density at radius 3 is 2.37 bits per heavy atom. The van der Waals surface area contributed by atoms with E-state index in [1.807, 2.05) is 0 Å². The minimum atomic E-state index is -0.220. The van der Waals surface area contributed by atoms with Gasteiger partial charge < -0.3 is 14.9 Å². The van der Waals surface area contributed by atoms with Crippen LogP contribution < -0.4 is 9.80 Å². The molecule has 0 saturated carbocycles. The van der Waals surface area contributed by atoms with Crippen molar-refractivity contribution >= 4 is 11.6 Å². The van der Waals surface area contributed by atoms with Gasteiger partial charge in [0.1, 0.15) is 18.0 Å². The zero-order valence-corrected chi connectivity index (χ0v) is 11.3. The van der Waals surface area contributed by atoms with Gasteiger partial charge in [0.25, 0.3) is 0 Å². The molecule has 0 radical (unpaired) electrons. The van der Waals surface area contributed by atoms with E-state index in [-0.39, 0.29) is 6.10 Å². The third-order valence-electron chi connectivity index (χ3n) is 4.04. The molecule has 104 valence electrons. The van der Waals surface area contributed by atoms with Gasteiger partial charge in [-0.25, -0.2) is 9.97 Å². The number of hydrogen-bond acceptors (Lipinski definition) is 5. The third kappa shape index (κ3) is 2.97. The predicted octanol–water partition coefficient (Wildman–Crippen LogP) is 1.43. The molecular weight excluding hydrogens is 240 g/mol. The lowest BCUT2D eigenvalue weighted by Crippen LogP contribution is -2.39. The Kier molecular flexibility index (Phi) is 3.82. The first-order valence-corrected chi connectivity index (χ1v) is 7.33. The Labute approximate surface area is 114 Å². The first-order valence-electron chi connectivity index (χ1n) is 7.33. The van der Waals surface area contributed by atoms with Crippen LogP contribution in [-0.2, 0) is 0 Å². The van der Waals surface area contributed by atoms with Crippen molar-refractivity contribution < 1.29 is 5.11 Å². The van der Waals surface area contributed by atoms with Crippen LogP contribution in [0.5, 0.6) is 0 Å². The van der Waals surface area contributed by atoms with Crippen LogP contribution in [0.15, 0.2) is 12.4 Å². The summed E-state index contributed by atoms with van der Waals surface area (Å²) >= 11 is 0. The predicted molar refractivity (Wildman–Crippen MR) is 75.5 cm³/mol. The molecule has 1 unspecified atom stereocenters. The molecule has 2 aliphatic rings. The Morgan fingerprint density at radius 2 is 1.63 bits per heavy atom. The van der Waals surface area contributed by atoms with Gasteiger partial charge >= 0.3 is 0 Å². The van der Waals surface area contributed by atoms with Crippen molar-refractivity contribution in [2.24, 2.45) is 0 Å². The van der Waals surface area contributed by atoms with Gasteiger partial charge in [-0.2, -0.15) is 0 Å². The number of anilines is 2. The summed E-state index contributed by atoms with van der Waals surface area (Å²) < 4.78 is 0. The standard InChI is InChI=1S/C14H22N4O/c19-12-5-4-8-18(10-12)14-9-13(15-11-16-14)17-6-2-1-3-7-17/h9,11-12,19H,1-8,10H2. The minimum absolute atomic E-state index is 0.220. The second kappa shape index (κ2) is 5.74. The maximum atomic E-state index is 9.76. The van der Waals surface area contributed by atoms with E-state index in [4.69, 9.17) is 0 Å². The molecule has 0 aromatic carbocycles. The SMILES string of the molecule is OC1CCCN(c2cc(N3CCCCC3)ncn2)C1. The van der Waals surface area contributed by atoms with Gasteiger partial charge in [0.15, 0.2) is 0 Å². The van der Waals surface area contributed by atoms with E-state index < -0.39 is 0 Å². The second-order valence-corrected chi connectivity index (χ2v) is 5.52. The summed E-state index contributed by atoms with van der Waals surface area (Å²) in [6.07, 6.45) is 7.20. The van der Waals surface area contributed by atoms with E-state index in [0.29, 0.717) is 6.54 Å². The first-order chi connectivity index (χ1) is 9.33. The van der Waals surface area contributed by atoms with Crippen LogP contribution in [0.4, 0.5) is 11.6 Å². The van der Waals surface area contributed by atoms with Crippen molar-refractivity contribution in [3.63, 3.8) is 0 Å². The second-order valence-electron chi connectivity index (χ2n) is 5.52. The highest BCUT2D eigenvalue weighted by atomic mass is 16.3. The molecule has 1 N–H and O–H groups in total. The van der Waals surface area contributed by atoms with Gasteiger partial charge in [-0.3, -0.25) is 0 Å². The number of aliphatic hydroxyl groups is 1. The summed E-state index contributed by atoms with van der Waals surface area (Å²) in [7, 11) is 0. The molecule has 3 heterocycles. The van der Waals surface area contributed by atoms with Crippen molar-refractivity contribution in [3.8, 4) is 0 Å². The number of β-amino-alcohol motifs (C(OH)–C–C–N with tert-alkyl or cyclic N) is 1. The molecule has 2 aliphatic heterocycles. The molecule has 19 heavy (non-hydrogen) atoms. The first kappa shape index (κ1) is 12.7. The smallest absolute Gasteiger partial charge is 0.134 e. The van der Waals surface area contributed by atoms with E-state index in [2.05, 4.69) is 25.8 Å². The molecule has 2 saturated heterocycles. The van der Waals surface area contributed by atoms with Crippen LogP contribution in [0.3, 0.4) is 0 Å². The van der Waals surface area contributed by atoms with Crippen LogP contribution in [0.2, 0.25) is 0 Å². The zero-order valence-electron chi connectivity index (χ0n) is 11.3. The lowest BCUT2D eigenvalue weighted by molar-refractivity contribution is 0.154. The van der Waals surface area contributed by atoms with E-state index in [1.54, 1.807) is 6.33 Å². The fourth-order valence-corrected chi connectivity index (χ4v) is 2.97. The zero-order chi connectivity index (χ0) is 13.1. The fourth-order valence-electron chi connectivity index (χ4n) is 2.97. The maximum absolute atomic E-state index is 9.76. The molecule has 0 bridgehead atoms. The maximum Gasteiger partial charge on any atom is 0.134 e.